The molecule has 1 aromatic carbocycles. The highest BCUT2D eigenvalue weighted by Crippen LogP contribution is 2.10. The van der Waals surface area contributed by atoms with Gasteiger partial charge in [-0.2, -0.15) is 0 Å². The first-order chi connectivity index (χ1) is 9.70. The van der Waals surface area contributed by atoms with E-state index < -0.39 is 17.9 Å². The smallest absolute Gasteiger partial charge is 0.410 e. The van der Waals surface area contributed by atoms with Crippen molar-refractivity contribution in [1.82, 2.24) is 10.6 Å². The third-order valence-corrected chi connectivity index (χ3v) is 2.51. The first-order valence-electron chi connectivity index (χ1n) is 5.79. The molecule has 6 heteroatoms. The summed E-state index contributed by atoms with van der Waals surface area (Å²) < 4.78 is 5.03. The summed E-state index contributed by atoms with van der Waals surface area (Å²) in [6.07, 6.45) is 5.11. The molecule has 0 fully saturated rings. The lowest BCUT2D eigenvalue weighted by molar-refractivity contribution is -0.114. The maximum atomic E-state index is 11.7. The number of dihydropyridines is 1. The highest BCUT2D eigenvalue weighted by atomic mass is 16.6. The summed E-state index contributed by atoms with van der Waals surface area (Å²) >= 11 is 0. The summed E-state index contributed by atoms with van der Waals surface area (Å²) in [5.74, 6) is -0.435. The van der Waals surface area contributed by atoms with Crippen molar-refractivity contribution in [1.29, 1.82) is 0 Å². The minimum atomic E-state index is -0.958. The number of ether oxygens (including phenoxy) is 1. The fraction of sp³-hybridized carbons (Fsp3) is 0.0714. The lowest BCUT2D eigenvalue weighted by Crippen LogP contribution is -2.44. The highest BCUT2D eigenvalue weighted by Gasteiger charge is 2.25. The minimum Gasteiger partial charge on any atom is -0.410 e. The summed E-state index contributed by atoms with van der Waals surface area (Å²) in [5, 5.41) is 5.08. The van der Waals surface area contributed by atoms with Crippen molar-refractivity contribution >= 4 is 18.2 Å². The van der Waals surface area contributed by atoms with Crippen LogP contribution in [0.3, 0.4) is 0 Å². The van der Waals surface area contributed by atoms with Crippen molar-refractivity contribution in [2.24, 2.45) is 0 Å². The van der Waals surface area contributed by atoms with E-state index in [0.717, 1.165) is 0 Å². The van der Waals surface area contributed by atoms with Crippen LogP contribution in [0.5, 0.6) is 5.75 Å². The minimum absolute atomic E-state index is 0.224. The first-order valence-corrected chi connectivity index (χ1v) is 5.79. The molecule has 0 saturated carbocycles. The lowest BCUT2D eigenvalue weighted by atomic mass is 10.1. The Morgan fingerprint density at radius 1 is 1.25 bits per heavy atom. The molecular weight excluding hydrogens is 260 g/mol. The van der Waals surface area contributed by atoms with Gasteiger partial charge in [0.1, 0.15) is 11.8 Å². The number of hydrogen-bond acceptors (Lipinski definition) is 5. The van der Waals surface area contributed by atoms with Gasteiger partial charge in [-0.25, -0.2) is 4.79 Å². The topological polar surface area (TPSA) is 84.5 Å². The Labute approximate surface area is 115 Å². The molecule has 1 aromatic rings. The van der Waals surface area contributed by atoms with Gasteiger partial charge in [0, 0.05) is 0 Å². The maximum Gasteiger partial charge on any atom is 0.416 e. The number of para-hydroxylation sites is 1. The number of benzene rings is 1. The molecular formula is C14H11N2O4. The van der Waals surface area contributed by atoms with E-state index in [0.29, 0.717) is 5.75 Å². The molecule has 0 aromatic heterocycles. The van der Waals surface area contributed by atoms with E-state index >= 15 is 0 Å². The molecule has 1 amide bonds. The van der Waals surface area contributed by atoms with Gasteiger partial charge in [-0.15, -0.1) is 0 Å². The first kappa shape index (κ1) is 13.5. The average molecular weight is 271 g/mol. The number of rotatable bonds is 4. The van der Waals surface area contributed by atoms with Gasteiger partial charge in [-0.05, 0) is 30.5 Å². The number of Topliss-reactive ketones (excluding diaryl/α,β-unsaturated/α-hetero) is 1. The third-order valence-electron chi connectivity index (χ3n) is 2.51. The van der Waals surface area contributed by atoms with Crippen molar-refractivity contribution in [2.45, 2.75) is 6.04 Å². The predicted molar refractivity (Wildman–Crippen MR) is 70.4 cm³/mol. The number of carbonyl (C=O) groups is 2. The summed E-state index contributed by atoms with van der Waals surface area (Å²) in [4.78, 5) is 33.5. The molecule has 0 aliphatic carbocycles. The fourth-order valence-electron chi connectivity index (χ4n) is 1.62. The molecule has 1 atom stereocenters. The molecule has 6 nitrogen and oxygen atoms in total. The molecule has 20 heavy (non-hydrogen) atoms. The molecule has 1 aliphatic rings. The van der Waals surface area contributed by atoms with Gasteiger partial charge in [-0.3, -0.25) is 14.9 Å². The Morgan fingerprint density at radius 3 is 2.70 bits per heavy atom. The molecule has 1 unspecified atom stereocenters. The van der Waals surface area contributed by atoms with E-state index in [1.807, 2.05) is 0 Å². The molecule has 2 N–H and O–H groups in total. The van der Waals surface area contributed by atoms with E-state index in [1.165, 1.54) is 18.6 Å². The van der Waals surface area contributed by atoms with E-state index in [4.69, 9.17) is 4.74 Å². The zero-order valence-electron chi connectivity index (χ0n) is 10.3. The lowest BCUT2D eigenvalue weighted by Gasteiger charge is -2.20. The normalized spacial score (nSPS) is 16.6. The largest absolute Gasteiger partial charge is 0.416 e. The van der Waals surface area contributed by atoms with Crippen LogP contribution in [0.15, 0.2) is 54.4 Å². The average Bonchev–Trinajstić information content (AvgIpc) is 2.48. The molecule has 101 valence electrons. The molecule has 1 aliphatic heterocycles. The summed E-state index contributed by atoms with van der Waals surface area (Å²) in [7, 11) is 0. The second kappa shape index (κ2) is 6.33. The Kier molecular flexibility index (Phi) is 4.28. The van der Waals surface area contributed by atoms with Gasteiger partial charge in [-0.1, -0.05) is 18.2 Å². The number of carbonyl (C=O) groups excluding carboxylic acids is 3. The molecule has 1 heterocycles. The van der Waals surface area contributed by atoms with Gasteiger partial charge in [0.15, 0.2) is 0 Å². The Hall–Kier alpha value is -2.89. The van der Waals surface area contributed by atoms with Crippen molar-refractivity contribution in [3.05, 3.63) is 54.4 Å². The van der Waals surface area contributed by atoms with Crippen molar-refractivity contribution in [3.63, 3.8) is 0 Å². The van der Waals surface area contributed by atoms with E-state index in [9.17, 15) is 14.4 Å². The molecule has 0 saturated heterocycles. The second-order valence-corrected chi connectivity index (χ2v) is 3.87. The molecule has 2 rings (SSSR count). The third kappa shape index (κ3) is 3.32. The van der Waals surface area contributed by atoms with E-state index in [2.05, 4.69) is 10.6 Å². The number of allylic oxidation sites excluding steroid dienone is 2. The van der Waals surface area contributed by atoms with Gasteiger partial charge in [0.25, 0.3) is 6.29 Å². The Morgan fingerprint density at radius 2 is 2.00 bits per heavy atom. The summed E-state index contributed by atoms with van der Waals surface area (Å²) in [5.41, 5.74) is 0.224. The summed E-state index contributed by atoms with van der Waals surface area (Å²) in [6.45, 7) is 0. The van der Waals surface area contributed by atoms with Crippen LogP contribution in [-0.4, -0.2) is 24.2 Å². The fourth-order valence-corrected chi connectivity index (χ4v) is 1.62. The van der Waals surface area contributed by atoms with Gasteiger partial charge >= 0.3 is 6.09 Å². The number of ketones is 1. The zero-order chi connectivity index (χ0) is 14.4. The highest BCUT2D eigenvalue weighted by molar-refractivity contribution is 6.28. The van der Waals surface area contributed by atoms with Crippen LogP contribution in [0.2, 0.25) is 0 Å². The van der Waals surface area contributed by atoms with Crippen LogP contribution < -0.4 is 15.4 Å². The SMILES string of the molecule is O=[C]C(=O)C1NC=CC=C1NC(=O)Oc1ccccc1. The quantitative estimate of drug-likeness (QED) is 0.792. The van der Waals surface area contributed by atoms with E-state index in [1.54, 1.807) is 36.4 Å². The predicted octanol–water partition coefficient (Wildman–Crippen LogP) is 0.823. The van der Waals surface area contributed by atoms with Crippen LogP contribution in [0.1, 0.15) is 0 Å². The monoisotopic (exact) mass is 271 g/mol. The number of amides is 1. The van der Waals surface area contributed by atoms with Crippen molar-refractivity contribution in [3.8, 4) is 5.75 Å². The van der Waals surface area contributed by atoms with Crippen LogP contribution >= 0.6 is 0 Å². The van der Waals surface area contributed by atoms with Crippen LogP contribution in [0.25, 0.3) is 0 Å². The van der Waals surface area contributed by atoms with Gasteiger partial charge < -0.3 is 10.1 Å². The van der Waals surface area contributed by atoms with Crippen LogP contribution in [0, 0.1) is 0 Å². The van der Waals surface area contributed by atoms with Crippen molar-refractivity contribution in [2.75, 3.05) is 0 Å². The zero-order valence-corrected chi connectivity index (χ0v) is 10.3. The van der Waals surface area contributed by atoms with Gasteiger partial charge in [0.05, 0.1) is 5.70 Å². The summed E-state index contributed by atoms with van der Waals surface area (Å²) in [6, 6.07) is 7.52. The van der Waals surface area contributed by atoms with Crippen LogP contribution in [0.4, 0.5) is 4.79 Å². The Balaban J connectivity index is 2.02. The maximum absolute atomic E-state index is 11.7. The number of nitrogens with one attached hydrogen (secondary N) is 2. The van der Waals surface area contributed by atoms with Crippen molar-refractivity contribution < 1.29 is 19.1 Å². The van der Waals surface area contributed by atoms with E-state index in [-0.39, 0.29) is 5.70 Å². The molecule has 0 spiro atoms. The van der Waals surface area contributed by atoms with Gasteiger partial charge in [0.2, 0.25) is 5.78 Å². The second-order valence-electron chi connectivity index (χ2n) is 3.87. The molecule has 1 radical (unpaired) electrons. The number of hydrogen-bond donors (Lipinski definition) is 2. The molecule has 0 bridgehead atoms. The standard InChI is InChI=1S/C14H11N2O4/c17-9-12(18)13-11(7-4-8-15-13)16-14(19)20-10-5-2-1-3-6-10/h1-8,13,15H,(H,16,19). The Bertz CT molecular complexity index is 578. The van der Waals surface area contributed by atoms with Crippen LogP contribution in [-0.2, 0) is 9.59 Å².